The van der Waals surface area contributed by atoms with Gasteiger partial charge in [0.2, 0.25) is 5.91 Å². The van der Waals surface area contributed by atoms with Gasteiger partial charge in [0.15, 0.2) is 0 Å². The van der Waals surface area contributed by atoms with E-state index in [0.717, 1.165) is 6.07 Å². The number of nitrogens with two attached hydrogens (primary N) is 1. The van der Waals surface area contributed by atoms with Crippen LogP contribution in [0.5, 0.6) is 5.75 Å². The molecule has 0 aliphatic heterocycles. The van der Waals surface area contributed by atoms with Crippen LogP contribution < -0.4 is 21.1 Å². The number of carbonyl (C=O) groups is 1. The maximum Gasteiger partial charge on any atom is 0.242 e. The summed E-state index contributed by atoms with van der Waals surface area (Å²) in [5, 5.41) is 5.42. The van der Waals surface area contributed by atoms with Crippen LogP contribution in [-0.2, 0) is 4.79 Å². The summed E-state index contributed by atoms with van der Waals surface area (Å²) in [5.41, 5.74) is 5.96. The van der Waals surface area contributed by atoms with Crippen molar-refractivity contribution in [2.24, 2.45) is 0 Å². The Hall–Kier alpha value is -1.98. The fraction of sp³-hybridized carbons (Fsp3) is 0.417. The molecule has 1 aromatic rings. The minimum absolute atomic E-state index is 0.180. The first-order valence-corrected chi connectivity index (χ1v) is 5.66. The van der Waals surface area contributed by atoms with Gasteiger partial charge in [-0.15, -0.1) is 0 Å². The largest absolute Gasteiger partial charge is 0.495 e. The molecule has 0 heterocycles. The molecule has 100 valence electrons. The summed E-state index contributed by atoms with van der Waals surface area (Å²) in [7, 11) is 1.45. The number of amides is 1. The molecule has 0 fully saturated rings. The number of anilines is 2. The quantitative estimate of drug-likeness (QED) is 0.694. The van der Waals surface area contributed by atoms with Gasteiger partial charge in [-0.25, -0.2) is 4.39 Å². The standard InChI is InChI=1S/C12H18FN3O2/c1-4-15-12(17)7(2)16-10-6-11(18-3)9(14)5-8(10)13/h5-7,16H,4,14H2,1-3H3,(H,15,17). The van der Waals surface area contributed by atoms with Crippen molar-refractivity contribution in [2.45, 2.75) is 19.9 Å². The molecule has 0 aliphatic rings. The number of methoxy groups -OCH3 is 1. The van der Waals surface area contributed by atoms with Gasteiger partial charge in [-0.05, 0) is 13.8 Å². The summed E-state index contributed by atoms with van der Waals surface area (Å²) in [4.78, 5) is 11.5. The molecule has 0 spiro atoms. The van der Waals surface area contributed by atoms with Gasteiger partial charge in [-0.3, -0.25) is 4.79 Å². The lowest BCUT2D eigenvalue weighted by atomic mass is 10.2. The molecular formula is C12H18FN3O2. The molecule has 18 heavy (non-hydrogen) atoms. The highest BCUT2D eigenvalue weighted by atomic mass is 19.1. The molecule has 6 heteroatoms. The highest BCUT2D eigenvalue weighted by molar-refractivity contribution is 5.84. The molecular weight excluding hydrogens is 237 g/mol. The van der Waals surface area contributed by atoms with Crippen LogP contribution in [0.1, 0.15) is 13.8 Å². The summed E-state index contributed by atoms with van der Waals surface area (Å²) >= 11 is 0. The average Bonchev–Trinajstić information content (AvgIpc) is 2.32. The zero-order valence-corrected chi connectivity index (χ0v) is 10.7. The number of hydrogen-bond donors (Lipinski definition) is 3. The van der Waals surface area contributed by atoms with E-state index in [4.69, 9.17) is 10.5 Å². The molecule has 1 rings (SSSR count). The van der Waals surface area contributed by atoms with Crippen LogP contribution in [0, 0.1) is 5.82 Å². The SMILES string of the molecule is CCNC(=O)C(C)Nc1cc(OC)c(N)cc1F. The van der Waals surface area contributed by atoms with E-state index in [-0.39, 0.29) is 17.3 Å². The molecule has 4 N–H and O–H groups in total. The summed E-state index contributed by atoms with van der Waals surface area (Å²) in [6.07, 6.45) is 0. The molecule has 0 saturated heterocycles. The summed E-state index contributed by atoms with van der Waals surface area (Å²) in [6.45, 7) is 3.99. The van der Waals surface area contributed by atoms with Crippen LogP contribution in [0.25, 0.3) is 0 Å². The van der Waals surface area contributed by atoms with Gasteiger partial charge in [-0.2, -0.15) is 0 Å². The third kappa shape index (κ3) is 3.26. The number of hydrogen-bond acceptors (Lipinski definition) is 4. The van der Waals surface area contributed by atoms with Gasteiger partial charge in [0.1, 0.15) is 17.6 Å². The monoisotopic (exact) mass is 255 g/mol. The van der Waals surface area contributed by atoms with Crippen LogP contribution in [0.3, 0.4) is 0 Å². The van der Waals surface area contributed by atoms with E-state index < -0.39 is 11.9 Å². The van der Waals surface area contributed by atoms with Crippen molar-refractivity contribution in [1.82, 2.24) is 5.32 Å². The second-order valence-corrected chi connectivity index (χ2v) is 3.83. The third-order valence-electron chi connectivity index (χ3n) is 2.44. The smallest absolute Gasteiger partial charge is 0.242 e. The topological polar surface area (TPSA) is 76.4 Å². The number of halogens is 1. The van der Waals surface area contributed by atoms with Crippen molar-refractivity contribution in [2.75, 3.05) is 24.7 Å². The Bertz CT molecular complexity index is 438. The third-order valence-corrected chi connectivity index (χ3v) is 2.44. The molecule has 0 saturated carbocycles. The minimum Gasteiger partial charge on any atom is -0.495 e. The van der Waals surface area contributed by atoms with Gasteiger partial charge in [-0.1, -0.05) is 0 Å². The first-order valence-electron chi connectivity index (χ1n) is 5.66. The molecule has 0 aliphatic carbocycles. The number of carbonyl (C=O) groups excluding carboxylic acids is 1. The molecule has 0 aromatic heterocycles. The molecule has 0 bridgehead atoms. The van der Waals surface area contributed by atoms with Crippen molar-refractivity contribution in [3.63, 3.8) is 0 Å². The van der Waals surface area contributed by atoms with Crippen LogP contribution in [0.2, 0.25) is 0 Å². The van der Waals surface area contributed by atoms with Gasteiger partial charge in [0.25, 0.3) is 0 Å². The maximum absolute atomic E-state index is 13.6. The number of likely N-dealkylation sites (N-methyl/N-ethyl adjacent to an activating group) is 1. The van der Waals surface area contributed by atoms with Crippen molar-refractivity contribution in [1.29, 1.82) is 0 Å². The highest BCUT2D eigenvalue weighted by Gasteiger charge is 2.15. The predicted octanol–water partition coefficient (Wildman–Crippen LogP) is 1.35. The number of ether oxygens (including phenoxy) is 1. The van der Waals surface area contributed by atoms with Crippen LogP contribution >= 0.6 is 0 Å². The van der Waals surface area contributed by atoms with Gasteiger partial charge in [0, 0.05) is 18.7 Å². The van der Waals surface area contributed by atoms with Crippen molar-refractivity contribution in [3.05, 3.63) is 17.9 Å². The lowest BCUT2D eigenvalue weighted by Crippen LogP contribution is -2.37. The lowest BCUT2D eigenvalue weighted by Gasteiger charge is -2.16. The molecule has 1 unspecified atom stereocenters. The fourth-order valence-corrected chi connectivity index (χ4v) is 1.48. The molecule has 1 atom stereocenters. The van der Waals surface area contributed by atoms with Crippen molar-refractivity contribution >= 4 is 17.3 Å². The van der Waals surface area contributed by atoms with Gasteiger partial charge < -0.3 is 21.1 Å². The molecule has 5 nitrogen and oxygen atoms in total. The number of benzene rings is 1. The Labute approximate surface area is 106 Å². The number of nitrogen functional groups attached to an aromatic ring is 1. The Morgan fingerprint density at radius 2 is 2.22 bits per heavy atom. The van der Waals surface area contributed by atoms with Gasteiger partial charge in [0.05, 0.1) is 18.5 Å². The average molecular weight is 255 g/mol. The summed E-state index contributed by atoms with van der Waals surface area (Å²) in [6, 6.07) is 2.04. The van der Waals surface area contributed by atoms with E-state index >= 15 is 0 Å². The second kappa shape index (κ2) is 6.09. The van der Waals surface area contributed by atoms with E-state index in [1.807, 2.05) is 6.92 Å². The maximum atomic E-state index is 13.6. The fourth-order valence-electron chi connectivity index (χ4n) is 1.48. The zero-order chi connectivity index (χ0) is 13.7. The lowest BCUT2D eigenvalue weighted by molar-refractivity contribution is -0.121. The highest BCUT2D eigenvalue weighted by Crippen LogP contribution is 2.28. The minimum atomic E-state index is -0.548. The Morgan fingerprint density at radius 1 is 1.56 bits per heavy atom. The second-order valence-electron chi connectivity index (χ2n) is 3.83. The molecule has 1 aromatic carbocycles. The molecule has 1 amide bonds. The van der Waals surface area contributed by atoms with Crippen LogP contribution in [-0.4, -0.2) is 25.6 Å². The molecule has 0 radical (unpaired) electrons. The van der Waals surface area contributed by atoms with Crippen LogP contribution in [0.15, 0.2) is 12.1 Å². The van der Waals surface area contributed by atoms with E-state index in [2.05, 4.69) is 10.6 Å². The summed E-state index contributed by atoms with van der Waals surface area (Å²) < 4.78 is 18.6. The van der Waals surface area contributed by atoms with E-state index in [1.54, 1.807) is 6.92 Å². The summed E-state index contributed by atoms with van der Waals surface area (Å²) in [5.74, 6) is -0.362. The Kier molecular flexibility index (Phi) is 4.76. The van der Waals surface area contributed by atoms with Gasteiger partial charge >= 0.3 is 0 Å². The van der Waals surface area contributed by atoms with Crippen molar-refractivity contribution in [3.8, 4) is 5.75 Å². The number of nitrogens with one attached hydrogen (secondary N) is 2. The van der Waals surface area contributed by atoms with Crippen LogP contribution in [0.4, 0.5) is 15.8 Å². The predicted molar refractivity (Wildman–Crippen MR) is 69.1 cm³/mol. The Balaban J connectivity index is 2.87. The first kappa shape index (κ1) is 14.1. The Morgan fingerprint density at radius 3 is 2.78 bits per heavy atom. The number of rotatable bonds is 5. The zero-order valence-electron chi connectivity index (χ0n) is 10.7. The van der Waals surface area contributed by atoms with E-state index in [1.165, 1.54) is 13.2 Å². The first-order chi connectivity index (χ1) is 8.49. The van der Waals surface area contributed by atoms with E-state index in [0.29, 0.717) is 12.3 Å². The van der Waals surface area contributed by atoms with E-state index in [9.17, 15) is 9.18 Å². The normalized spacial score (nSPS) is 11.8. The van der Waals surface area contributed by atoms with Crippen molar-refractivity contribution < 1.29 is 13.9 Å².